The highest BCUT2D eigenvalue weighted by atomic mass is 32.2. The molecule has 0 bridgehead atoms. The molecule has 0 spiro atoms. The Morgan fingerprint density at radius 1 is 1.06 bits per heavy atom. The maximum Gasteiger partial charge on any atom is 0.418 e. The van der Waals surface area contributed by atoms with Gasteiger partial charge in [0, 0.05) is 6.42 Å². The van der Waals surface area contributed by atoms with Crippen LogP contribution in [0.4, 0.5) is 18.9 Å². The molecule has 4 rings (SSSR count). The molecule has 32 heavy (non-hydrogen) atoms. The Morgan fingerprint density at radius 3 is 2.53 bits per heavy atom. The Kier molecular flexibility index (Phi) is 5.95. The van der Waals surface area contributed by atoms with E-state index in [2.05, 4.69) is 25.6 Å². The lowest BCUT2D eigenvalue weighted by Gasteiger charge is -2.13. The molecule has 2 heterocycles. The molecule has 0 aliphatic rings. The first-order valence-electron chi connectivity index (χ1n) is 9.28. The van der Waals surface area contributed by atoms with E-state index in [0.29, 0.717) is 0 Å². The molecule has 0 aliphatic carbocycles. The topological polar surface area (TPSA) is 105 Å². The number of aromatic nitrogens is 5. The fourth-order valence-corrected chi connectivity index (χ4v) is 3.60. The summed E-state index contributed by atoms with van der Waals surface area (Å²) >= 11 is 0.930. The van der Waals surface area contributed by atoms with Crippen molar-refractivity contribution in [3.8, 4) is 0 Å². The van der Waals surface area contributed by atoms with Crippen molar-refractivity contribution in [2.24, 2.45) is 0 Å². The summed E-state index contributed by atoms with van der Waals surface area (Å²) in [6.07, 6.45) is -4.31. The van der Waals surface area contributed by atoms with E-state index < -0.39 is 23.2 Å². The van der Waals surface area contributed by atoms with Gasteiger partial charge in [-0.3, -0.25) is 14.6 Å². The number of anilines is 1. The van der Waals surface area contributed by atoms with Gasteiger partial charge in [-0.25, -0.2) is 0 Å². The second-order valence-corrected chi connectivity index (χ2v) is 7.60. The quantitative estimate of drug-likeness (QED) is 0.429. The zero-order valence-electron chi connectivity index (χ0n) is 16.3. The van der Waals surface area contributed by atoms with Crippen molar-refractivity contribution < 1.29 is 18.0 Å². The number of aromatic amines is 1. The number of carbonyl (C=O) groups is 1. The lowest BCUT2D eigenvalue weighted by Crippen LogP contribution is -2.20. The van der Waals surface area contributed by atoms with Gasteiger partial charge in [0.05, 0.1) is 17.0 Å². The van der Waals surface area contributed by atoms with Gasteiger partial charge < -0.3 is 5.32 Å². The number of thioether (sulfide) groups is 1. The third kappa shape index (κ3) is 4.80. The molecule has 2 N–H and O–H groups in total. The smallest absolute Gasteiger partial charge is 0.325 e. The lowest BCUT2D eigenvalue weighted by molar-refractivity contribution is -0.137. The molecule has 2 aromatic carbocycles. The van der Waals surface area contributed by atoms with Crippen molar-refractivity contribution in [1.29, 1.82) is 0 Å². The zero-order valence-corrected chi connectivity index (χ0v) is 17.1. The molecule has 12 heteroatoms. The summed E-state index contributed by atoms with van der Waals surface area (Å²) in [5, 5.41) is 14.5. The number of amides is 1. The van der Waals surface area contributed by atoms with E-state index in [0.717, 1.165) is 23.4 Å². The minimum atomic E-state index is -4.59. The Labute approximate surface area is 182 Å². The van der Waals surface area contributed by atoms with Crippen molar-refractivity contribution >= 4 is 29.1 Å². The predicted molar refractivity (Wildman–Crippen MR) is 111 cm³/mol. The van der Waals surface area contributed by atoms with Gasteiger partial charge in [-0.2, -0.15) is 22.8 Å². The summed E-state index contributed by atoms with van der Waals surface area (Å²) in [6.45, 7) is 0. The molecule has 0 saturated carbocycles. The van der Waals surface area contributed by atoms with Crippen LogP contribution in [0.25, 0.3) is 5.78 Å². The number of rotatable bonds is 6. The molecule has 164 valence electrons. The fourth-order valence-electron chi connectivity index (χ4n) is 2.92. The molecular formula is C20H15F3N6O2S. The first kappa shape index (κ1) is 21.6. The average molecular weight is 460 g/mol. The fraction of sp³-hybridized carbons (Fsp3) is 0.150. The Morgan fingerprint density at radius 2 is 1.78 bits per heavy atom. The standard InChI is InChI=1S/C20H15F3N6O2S/c21-20(22,23)13-8-4-5-9-14(13)24-16(30)11-32-19-27-26-18-25-17(31)15(28-29(18)19)10-12-6-2-1-3-7-12/h1-9H,10-11H2,(H,24,30)(H,25,26,31). The molecule has 0 radical (unpaired) electrons. The highest BCUT2D eigenvalue weighted by Gasteiger charge is 2.33. The number of hydrogen-bond acceptors (Lipinski definition) is 6. The predicted octanol–water partition coefficient (Wildman–Crippen LogP) is 3.15. The van der Waals surface area contributed by atoms with Crippen LogP contribution in [0.2, 0.25) is 0 Å². The van der Waals surface area contributed by atoms with Crippen molar-refractivity contribution in [2.75, 3.05) is 11.1 Å². The monoisotopic (exact) mass is 460 g/mol. The van der Waals surface area contributed by atoms with Crippen molar-refractivity contribution in [3.05, 3.63) is 81.8 Å². The minimum absolute atomic E-state index is 0.0946. The molecule has 8 nitrogen and oxygen atoms in total. The number of alkyl halides is 3. The van der Waals surface area contributed by atoms with Gasteiger partial charge in [-0.15, -0.1) is 10.2 Å². The van der Waals surface area contributed by atoms with E-state index in [1.54, 1.807) is 0 Å². The number of fused-ring (bicyclic) bond motifs is 1. The highest BCUT2D eigenvalue weighted by Crippen LogP contribution is 2.34. The second kappa shape index (κ2) is 8.83. The number of nitrogens with one attached hydrogen (secondary N) is 2. The van der Waals surface area contributed by atoms with Crippen LogP contribution in [-0.4, -0.2) is 36.5 Å². The molecule has 0 saturated heterocycles. The lowest BCUT2D eigenvalue weighted by atomic mass is 10.1. The number of hydrogen-bond donors (Lipinski definition) is 2. The SMILES string of the molecule is O=C(CSc1nnc2[nH]c(=O)c(Cc3ccccc3)nn12)Nc1ccccc1C(F)(F)F. The van der Waals surface area contributed by atoms with Crippen LogP contribution in [0.15, 0.2) is 64.5 Å². The van der Waals surface area contributed by atoms with E-state index >= 15 is 0 Å². The van der Waals surface area contributed by atoms with Gasteiger partial charge in [0.15, 0.2) is 0 Å². The third-order valence-electron chi connectivity index (χ3n) is 4.37. The van der Waals surface area contributed by atoms with Gasteiger partial charge in [0.1, 0.15) is 5.69 Å². The van der Waals surface area contributed by atoms with Crippen LogP contribution in [0.1, 0.15) is 16.8 Å². The summed E-state index contributed by atoms with van der Waals surface area (Å²) in [4.78, 5) is 27.1. The molecule has 0 atom stereocenters. The Bertz CT molecular complexity index is 1320. The number of halogens is 3. The zero-order chi connectivity index (χ0) is 22.7. The number of benzene rings is 2. The van der Waals surface area contributed by atoms with E-state index in [4.69, 9.17) is 0 Å². The average Bonchev–Trinajstić information content (AvgIpc) is 3.14. The first-order chi connectivity index (χ1) is 15.3. The number of H-pyrrole nitrogens is 1. The molecule has 0 aliphatic heterocycles. The summed E-state index contributed by atoms with van der Waals surface area (Å²) in [5.41, 5.74) is -0.559. The van der Waals surface area contributed by atoms with Gasteiger partial charge in [0.25, 0.3) is 11.3 Å². The van der Waals surface area contributed by atoms with Crippen molar-refractivity contribution in [3.63, 3.8) is 0 Å². The molecule has 4 aromatic rings. The van der Waals surface area contributed by atoms with E-state index in [-0.39, 0.29) is 34.5 Å². The number of carbonyl (C=O) groups excluding carboxylic acids is 1. The number of para-hydroxylation sites is 1. The summed E-state index contributed by atoms with van der Waals surface area (Å²) in [5.74, 6) is -0.795. The van der Waals surface area contributed by atoms with Gasteiger partial charge >= 0.3 is 6.18 Å². The molecular weight excluding hydrogens is 445 g/mol. The van der Waals surface area contributed by atoms with Crippen LogP contribution in [0.5, 0.6) is 0 Å². The van der Waals surface area contributed by atoms with Crippen LogP contribution in [-0.2, 0) is 17.4 Å². The van der Waals surface area contributed by atoms with Gasteiger partial charge in [0.2, 0.25) is 11.1 Å². The molecule has 0 fully saturated rings. The summed E-state index contributed by atoms with van der Waals surface area (Å²) < 4.78 is 40.6. The maximum atomic E-state index is 13.1. The van der Waals surface area contributed by atoms with Crippen molar-refractivity contribution in [2.45, 2.75) is 17.8 Å². The maximum absolute atomic E-state index is 13.1. The second-order valence-electron chi connectivity index (χ2n) is 6.66. The van der Waals surface area contributed by atoms with E-state index in [9.17, 15) is 22.8 Å². The molecule has 0 unspecified atom stereocenters. The van der Waals surface area contributed by atoms with Crippen LogP contribution < -0.4 is 10.9 Å². The van der Waals surface area contributed by atoms with Crippen LogP contribution >= 0.6 is 11.8 Å². The van der Waals surface area contributed by atoms with Crippen LogP contribution in [0, 0.1) is 0 Å². The Balaban J connectivity index is 1.50. The van der Waals surface area contributed by atoms with Gasteiger partial charge in [-0.1, -0.05) is 54.2 Å². The van der Waals surface area contributed by atoms with E-state index in [1.165, 1.54) is 22.7 Å². The number of nitrogens with zero attached hydrogens (tertiary/aromatic N) is 4. The van der Waals surface area contributed by atoms with Crippen LogP contribution in [0.3, 0.4) is 0 Å². The molecule has 1 amide bonds. The van der Waals surface area contributed by atoms with Gasteiger partial charge in [-0.05, 0) is 17.7 Å². The normalized spacial score (nSPS) is 11.6. The Hall–Kier alpha value is -3.67. The largest absolute Gasteiger partial charge is 0.418 e. The first-order valence-corrected chi connectivity index (χ1v) is 10.3. The summed E-state index contributed by atoms with van der Waals surface area (Å²) in [7, 11) is 0. The summed E-state index contributed by atoms with van der Waals surface area (Å²) in [6, 6.07) is 14.0. The minimum Gasteiger partial charge on any atom is -0.325 e. The van der Waals surface area contributed by atoms with E-state index in [1.807, 2.05) is 30.3 Å². The highest BCUT2D eigenvalue weighted by molar-refractivity contribution is 7.99. The third-order valence-corrected chi connectivity index (χ3v) is 5.29. The van der Waals surface area contributed by atoms with Crippen molar-refractivity contribution in [1.82, 2.24) is 24.8 Å². The molecule has 2 aromatic heterocycles.